The lowest BCUT2D eigenvalue weighted by atomic mass is 9.85. The number of carbonyl (C=O) groups is 1. The molecule has 8 heteroatoms. The number of nitrogens with two attached hydrogens (primary N) is 1. The maximum atomic E-state index is 13.2. The Kier molecular flexibility index (Phi) is 4.42. The summed E-state index contributed by atoms with van der Waals surface area (Å²) in [5, 5.41) is 2.78. The van der Waals surface area contributed by atoms with Crippen LogP contribution in [0.3, 0.4) is 0 Å². The van der Waals surface area contributed by atoms with E-state index in [0.29, 0.717) is 11.1 Å². The molecular weight excluding hydrogens is 399 g/mol. The molecule has 29 heavy (non-hydrogen) atoms. The maximum absolute atomic E-state index is 13.2. The molecule has 0 spiro atoms. The Morgan fingerprint density at radius 3 is 2.66 bits per heavy atom. The van der Waals surface area contributed by atoms with E-state index in [1.54, 1.807) is 13.1 Å². The van der Waals surface area contributed by atoms with Crippen LogP contribution < -0.4 is 5.73 Å². The molecule has 4 rings (SSSR count). The summed E-state index contributed by atoms with van der Waals surface area (Å²) in [6.07, 6.45) is -4.30. The van der Waals surface area contributed by atoms with Crippen LogP contribution in [0.4, 0.5) is 13.2 Å². The Balaban J connectivity index is 1.92. The van der Waals surface area contributed by atoms with E-state index in [4.69, 9.17) is 5.73 Å². The lowest BCUT2D eigenvalue weighted by Crippen LogP contribution is -2.47. The van der Waals surface area contributed by atoms with Gasteiger partial charge < -0.3 is 5.73 Å². The van der Waals surface area contributed by atoms with Gasteiger partial charge in [-0.15, -0.1) is 11.3 Å². The summed E-state index contributed by atoms with van der Waals surface area (Å²) in [7, 11) is 1.57. The monoisotopic (exact) mass is 417 g/mol. The fourth-order valence-corrected chi connectivity index (χ4v) is 4.46. The number of aliphatic imine (C=N–C) groups is 1. The van der Waals surface area contributed by atoms with Crippen LogP contribution in [0.25, 0.3) is 21.2 Å². The molecule has 0 radical (unpaired) electrons. The van der Waals surface area contributed by atoms with Gasteiger partial charge in [-0.05, 0) is 64.7 Å². The van der Waals surface area contributed by atoms with Gasteiger partial charge in [0.2, 0.25) is 5.91 Å². The third kappa shape index (κ3) is 3.37. The van der Waals surface area contributed by atoms with E-state index in [2.05, 4.69) is 4.99 Å². The highest BCUT2D eigenvalue weighted by Gasteiger charge is 2.37. The van der Waals surface area contributed by atoms with Crippen LogP contribution in [0.5, 0.6) is 0 Å². The third-order valence-electron chi connectivity index (χ3n) is 5.25. The van der Waals surface area contributed by atoms with E-state index in [9.17, 15) is 18.0 Å². The fourth-order valence-electron chi connectivity index (χ4n) is 3.55. The van der Waals surface area contributed by atoms with Gasteiger partial charge in [0.1, 0.15) is 0 Å². The molecule has 1 aromatic heterocycles. The lowest BCUT2D eigenvalue weighted by Gasteiger charge is -2.34. The van der Waals surface area contributed by atoms with E-state index in [0.717, 1.165) is 27.8 Å². The van der Waals surface area contributed by atoms with Crippen molar-refractivity contribution in [3.05, 3.63) is 59.0 Å². The summed E-state index contributed by atoms with van der Waals surface area (Å²) in [4.78, 5) is 18.2. The van der Waals surface area contributed by atoms with E-state index in [-0.39, 0.29) is 18.3 Å². The van der Waals surface area contributed by atoms with Crippen LogP contribution in [-0.4, -0.2) is 23.8 Å². The molecule has 0 aliphatic carbocycles. The largest absolute Gasteiger partial charge is 0.416 e. The number of fused-ring (bicyclic) bond motifs is 1. The SMILES string of the molecule is CN1C(=O)CC(C)(c2cc(-c3cccc(C(F)(F)F)c3)c3sccc3c2)N=C1N. The number of benzene rings is 2. The molecule has 0 saturated heterocycles. The standard InChI is InChI=1S/C21H18F3N3OS/c1-20(11-17(28)27(2)19(25)26-20)15-9-13-6-7-29-18(13)16(10-15)12-4-3-5-14(8-12)21(22,23)24/h3-10H,11H2,1-2H3,(H2,25,26). The number of carbonyl (C=O) groups excluding carboxylic acids is 1. The minimum atomic E-state index is -4.42. The van der Waals surface area contributed by atoms with Gasteiger partial charge in [0.25, 0.3) is 0 Å². The summed E-state index contributed by atoms with van der Waals surface area (Å²) in [6, 6.07) is 10.9. The fraction of sp³-hybridized carbons (Fsp3) is 0.238. The average molecular weight is 417 g/mol. The minimum Gasteiger partial charge on any atom is -0.369 e. The number of guanidine groups is 1. The van der Waals surface area contributed by atoms with Crippen molar-refractivity contribution in [1.29, 1.82) is 0 Å². The van der Waals surface area contributed by atoms with Crippen LogP contribution in [0.15, 0.2) is 52.8 Å². The zero-order valence-corrected chi connectivity index (χ0v) is 16.6. The molecule has 4 nitrogen and oxygen atoms in total. The first-order valence-corrected chi connectivity index (χ1v) is 9.78. The number of thiophene rings is 1. The summed E-state index contributed by atoms with van der Waals surface area (Å²) in [5.74, 6) is -0.0409. The zero-order chi connectivity index (χ0) is 21.0. The Hall–Kier alpha value is -2.87. The second kappa shape index (κ2) is 6.59. The summed E-state index contributed by atoms with van der Waals surface area (Å²) in [6.45, 7) is 1.81. The second-order valence-electron chi connectivity index (χ2n) is 7.31. The predicted molar refractivity (Wildman–Crippen MR) is 109 cm³/mol. The second-order valence-corrected chi connectivity index (χ2v) is 8.23. The first kappa shape index (κ1) is 19.4. The third-order valence-corrected chi connectivity index (χ3v) is 6.21. The van der Waals surface area contributed by atoms with Gasteiger partial charge in [-0.1, -0.05) is 12.1 Å². The van der Waals surface area contributed by atoms with Gasteiger partial charge in [-0.2, -0.15) is 13.2 Å². The highest BCUT2D eigenvalue weighted by Crippen LogP contribution is 2.41. The highest BCUT2D eigenvalue weighted by molar-refractivity contribution is 7.17. The molecule has 2 heterocycles. The molecule has 1 unspecified atom stereocenters. The van der Waals surface area contributed by atoms with E-state index in [1.807, 2.05) is 30.5 Å². The first-order valence-electron chi connectivity index (χ1n) is 8.90. The van der Waals surface area contributed by atoms with Gasteiger partial charge in [0.05, 0.1) is 17.5 Å². The molecule has 0 fully saturated rings. The number of nitrogens with zero attached hydrogens (tertiary/aromatic N) is 2. The highest BCUT2D eigenvalue weighted by atomic mass is 32.1. The van der Waals surface area contributed by atoms with Gasteiger partial charge in [0.15, 0.2) is 5.96 Å². The summed E-state index contributed by atoms with van der Waals surface area (Å²) >= 11 is 1.46. The van der Waals surface area contributed by atoms with Gasteiger partial charge in [-0.3, -0.25) is 9.69 Å². The number of alkyl halides is 3. The molecule has 1 amide bonds. The van der Waals surface area contributed by atoms with Crippen molar-refractivity contribution >= 4 is 33.3 Å². The number of rotatable bonds is 2. The number of hydrogen-bond donors (Lipinski definition) is 1. The van der Waals surface area contributed by atoms with Crippen LogP contribution >= 0.6 is 11.3 Å². The Morgan fingerprint density at radius 1 is 1.21 bits per heavy atom. The molecule has 0 saturated carbocycles. The zero-order valence-electron chi connectivity index (χ0n) is 15.7. The van der Waals surface area contributed by atoms with Crippen LogP contribution in [0.1, 0.15) is 24.5 Å². The predicted octanol–water partition coefficient (Wildman–Crippen LogP) is 4.98. The topological polar surface area (TPSA) is 58.7 Å². The molecule has 1 aliphatic heterocycles. The van der Waals surface area contributed by atoms with Crippen molar-refractivity contribution in [2.24, 2.45) is 10.7 Å². The first-order chi connectivity index (χ1) is 13.6. The van der Waals surface area contributed by atoms with Crippen molar-refractivity contribution < 1.29 is 18.0 Å². The van der Waals surface area contributed by atoms with Crippen molar-refractivity contribution in [2.75, 3.05) is 7.05 Å². The Bertz CT molecular complexity index is 1150. The van der Waals surface area contributed by atoms with Crippen LogP contribution in [-0.2, 0) is 16.5 Å². The lowest BCUT2D eigenvalue weighted by molar-refractivity contribution is -0.137. The van der Waals surface area contributed by atoms with Crippen molar-refractivity contribution in [3.8, 4) is 11.1 Å². The van der Waals surface area contributed by atoms with Crippen molar-refractivity contribution in [3.63, 3.8) is 0 Å². The minimum absolute atomic E-state index is 0.120. The van der Waals surface area contributed by atoms with Crippen molar-refractivity contribution in [2.45, 2.75) is 25.1 Å². The van der Waals surface area contributed by atoms with E-state index in [1.165, 1.54) is 22.3 Å². The van der Waals surface area contributed by atoms with Crippen LogP contribution in [0.2, 0.25) is 0 Å². The summed E-state index contributed by atoms with van der Waals surface area (Å²) in [5.41, 5.74) is 6.22. The quantitative estimate of drug-likeness (QED) is 0.639. The van der Waals surface area contributed by atoms with Gasteiger partial charge >= 0.3 is 6.18 Å². The molecule has 150 valence electrons. The summed E-state index contributed by atoms with van der Waals surface area (Å²) < 4.78 is 40.5. The number of hydrogen-bond acceptors (Lipinski definition) is 4. The number of halogens is 3. The molecule has 0 bridgehead atoms. The van der Waals surface area contributed by atoms with Gasteiger partial charge in [-0.25, -0.2) is 4.99 Å². The molecule has 2 aromatic carbocycles. The maximum Gasteiger partial charge on any atom is 0.416 e. The normalized spacial score (nSPS) is 20.2. The van der Waals surface area contributed by atoms with E-state index < -0.39 is 17.3 Å². The average Bonchev–Trinajstić information content (AvgIpc) is 3.13. The molecule has 1 atom stereocenters. The smallest absolute Gasteiger partial charge is 0.369 e. The molecule has 2 N–H and O–H groups in total. The van der Waals surface area contributed by atoms with Crippen LogP contribution in [0, 0.1) is 0 Å². The van der Waals surface area contributed by atoms with Crippen molar-refractivity contribution in [1.82, 2.24) is 4.90 Å². The van der Waals surface area contributed by atoms with Gasteiger partial charge in [0, 0.05) is 11.7 Å². The van der Waals surface area contributed by atoms with E-state index >= 15 is 0 Å². The Morgan fingerprint density at radius 2 is 1.97 bits per heavy atom. The Labute approximate surface area is 169 Å². The molecule has 3 aromatic rings. The molecular formula is C21H18F3N3OS. The number of amides is 1. The molecule has 1 aliphatic rings.